The lowest BCUT2D eigenvalue weighted by atomic mass is 10.2. The summed E-state index contributed by atoms with van der Waals surface area (Å²) in [6.07, 6.45) is 1.68. The number of para-hydroxylation sites is 1. The van der Waals surface area contributed by atoms with Crippen molar-refractivity contribution < 1.29 is 4.79 Å². The van der Waals surface area contributed by atoms with Crippen molar-refractivity contribution in [1.29, 1.82) is 0 Å². The summed E-state index contributed by atoms with van der Waals surface area (Å²) in [7, 11) is 0. The van der Waals surface area contributed by atoms with E-state index in [1.165, 1.54) is 12.1 Å². The summed E-state index contributed by atoms with van der Waals surface area (Å²) in [4.78, 5) is 16.4. The predicted molar refractivity (Wildman–Crippen MR) is 76.1 cm³/mol. The zero-order valence-corrected chi connectivity index (χ0v) is 10.4. The Morgan fingerprint density at radius 1 is 1.05 bits per heavy atom. The van der Waals surface area contributed by atoms with Crippen LogP contribution < -0.4 is 11.1 Å². The first kappa shape index (κ1) is 12.0. The zero-order chi connectivity index (χ0) is 13.9. The number of pyridine rings is 1. The van der Waals surface area contributed by atoms with Gasteiger partial charge < -0.3 is 11.1 Å². The van der Waals surface area contributed by atoms with Gasteiger partial charge in [-0.25, -0.2) is 0 Å². The normalized spacial score (nSPS) is 10.4. The number of nitrogens with two attached hydrogens (primary N) is 1. The summed E-state index contributed by atoms with van der Waals surface area (Å²) in [5.41, 5.74) is 7.00. The average molecular weight is 265 g/mol. The number of anilines is 2. The molecule has 0 aliphatic carbocycles. The second-order valence-electron chi connectivity index (χ2n) is 4.18. The highest BCUT2D eigenvalue weighted by Gasteiger charge is 2.10. The first-order valence-electron chi connectivity index (χ1n) is 5.98. The number of carbonyl (C=O) groups is 1. The van der Waals surface area contributed by atoms with Gasteiger partial charge in [-0.05, 0) is 24.3 Å². The van der Waals surface area contributed by atoms with Gasteiger partial charge in [0.1, 0.15) is 5.82 Å². The molecule has 0 atom stereocenters. The fourth-order valence-electron chi connectivity index (χ4n) is 1.86. The molecule has 0 spiro atoms. The lowest BCUT2D eigenvalue weighted by molar-refractivity contribution is 0.102. The maximum atomic E-state index is 12.1. The summed E-state index contributed by atoms with van der Waals surface area (Å²) in [5.74, 6) is -0.0796. The number of nitrogens with one attached hydrogen (secondary N) is 1. The maximum Gasteiger partial charge on any atom is 0.276 e. The SMILES string of the molecule is Nc1ccc(C(=O)Nc2cccc3cccnc23)nn1. The van der Waals surface area contributed by atoms with Crippen LogP contribution in [-0.2, 0) is 0 Å². The van der Waals surface area contributed by atoms with E-state index in [0.717, 1.165) is 10.9 Å². The van der Waals surface area contributed by atoms with Crippen LogP contribution in [0.1, 0.15) is 10.5 Å². The molecular weight excluding hydrogens is 254 g/mol. The molecule has 0 fully saturated rings. The van der Waals surface area contributed by atoms with E-state index in [9.17, 15) is 4.79 Å². The molecule has 0 aliphatic heterocycles. The Bertz CT molecular complexity index is 765. The monoisotopic (exact) mass is 265 g/mol. The van der Waals surface area contributed by atoms with E-state index in [0.29, 0.717) is 5.69 Å². The number of benzene rings is 1. The van der Waals surface area contributed by atoms with Crippen molar-refractivity contribution in [1.82, 2.24) is 15.2 Å². The smallest absolute Gasteiger partial charge is 0.276 e. The number of nitrogen functional groups attached to an aromatic ring is 1. The predicted octanol–water partition coefficient (Wildman–Crippen LogP) is 1.86. The lowest BCUT2D eigenvalue weighted by Gasteiger charge is -2.07. The standard InChI is InChI=1S/C14H11N5O/c15-12-7-6-11(18-19-12)14(20)17-10-5-1-3-9-4-2-8-16-13(9)10/h1-8H,(H2,15,19)(H,17,20). The van der Waals surface area contributed by atoms with Crippen LogP contribution in [0.2, 0.25) is 0 Å². The Labute approximate surface area is 114 Å². The van der Waals surface area contributed by atoms with Gasteiger partial charge in [-0.15, -0.1) is 10.2 Å². The third kappa shape index (κ3) is 2.26. The first-order chi connectivity index (χ1) is 9.74. The second kappa shape index (κ2) is 4.93. The van der Waals surface area contributed by atoms with E-state index in [4.69, 9.17) is 5.73 Å². The van der Waals surface area contributed by atoms with Crippen molar-refractivity contribution >= 4 is 28.3 Å². The highest BCUT2D eigenvalue weighted by molar-refractivity contribution is 6.07. The van der Waals surface area contributed by atoms with Crippen LogP contribution in [0.4, 0.5) is 11.5 Å². The van der Waals surface area contributed by atoms with E-state index in [1.807, 2.05) is 24.3 Å². The number of hydrogen-bond donors (Lipinski definition) is 2. The van der Waals surface area contributed by atoms with Crippen LogP contribution in [-0.4, -0.2) is 21.1 Å². The maximum absolute atomic E-state index is 12.1. The Kier molecular flexibility index (Phi) is 2.96. The van der Waals surface area contributed by atoms with Crippen molar-refractivity contribution in [3.05, 3.63) is 54.4 Å². The molecule has 0 unspecified atom stereocenters. The molecule has 0 saturated carbocycles. The molecule has 0 radical (unpaired) electrons. The number of fused-ring (bicyclic) bond motifs is 1. The van der Waals surface area contributed by atoms with Crippen molar-refractivity contribution in [2.24, 2.45) is 0 Å². The molecule has 3 N–H and O–H groups in total. The van der Waals surface area contributed by atoms with Gasteiger partial charge in [0.15, 0.2) is 5.69 Å². The molecule has 0 bridgehead atoms. The minimum absolute atomic E-state index is 0.201. The summed E-state index contributed by atoms with van der Waals surface area (Å²) in [5, 5.41) is 11.1. The Morgan fingerprint density at radius 2 is 1.90 bits per heavy atom. The molecule has 0 saturated heterocycles. The quantitative estimate of drug-likeness (QED) is 0.737. The van der Waals surface area contributed by atoms with Gasteiger partial charge in [0.25, 0.3) is 5.91 Å². The number of carbonyl (C=O) groups excluding carboxylic acids is 1. The van der Waals surface area contributed by atoms with E-state index < -0.39 is 0 Å². The first-order valence-corrected chi connectivity index (χ1v) is 5.98. The van der Waals surface area contributed by atoms with Crippen LogP contribution in [0.25, 0.3) is 10.9 Å². The molecule has 3 aromatic rings. The third-order valence-corrected chi connectivity index (χ3v) is 2.80. The van der Waals surface area contributed by atoms with Crippen LogP contribution in [0.5, 0.6) is 0 Å². The van der Waals surface area contributed by atoms with Gasteiger partial charge in [-0.3, -0.25) is 9.78 Å². The molecule has 6 heteroatoms. The van der Waals surface area contributed by atoms with Crippen LogP contribution in [0.3, 0.4) is 0 Å². The summed E-state index contributed by atoms with van der Waals surface area (Å²) >= 11 is 0. The minimum Gasteiger partial charge on any atom is -0.382 e. The van der Waals surface area contributed by atoms with Gasteiger partial charge >= 0.3 is 0 Å². The fraction of sp³-hybridized carbons (Fsp3) is 0. The molecule has 20 heavy (non-hydrogen) atoms. The van der Waals surface area contributed by atoms with Crippen molar-refractivity contribution in [2.75, 3.05) is 11.1 Å². The van der Waals surface area contributed by atoms with Gasteiger partial charge in [-0.1, -0.05) is 18.2 Å². The summed E-state index contributed by atoms with van der Waals surface area (Å²) < 4.78 is 0. The fourth-order valence-corrected chi connectivity index (χ4v) is 1.86. The van der Waals surface area contributed by atoms with Crippen molar-refractivity contribution in [3.63, 3.8) is 0 Å². The van der Waals surface area contributed by atoms with Crippen LogP contribution in [0.15, 0.2) is 48.7 Å². The van der Waals surface area contributed by atoms with Gasteiger partial charge in [0.2, 0.25) is 0 Å². The topological polar surface area (TPSA) is 93.8 Å². The lowest BCUT2D eigenvalue weighted by Crippen LogP contribution is -2.15. The molecule has 98 valence electrons. The third-order valence-electron chi connectivity index (χ3n) is 2.80. The second-order valence-corrected chi connectivity index (χ2v) is 4.18. The molecule has 3 rings (SSSR count). The molecule has 6 nitrogen and oxygen atoms in total. The van der Waals surface area contributed by atoms with E-state index in [2.05, 4.69) is 20.5 Å². The summed E-state index contributed by atoms with van der Waals surface area (Å²) in [6.45, 7) is 0. The zero-order valence-electron chi connectivity index (χ0n) is 10.4. The molecular formula is C14H11N5O. The van der Waals surface area contributed by atoms with E-state index >= 15 is 0 Å². The average Bonchev–Trinajstić information content (AvgIpc) is 2.48. The highest BCUT2D eigenvalue weighted by Crippen LogP contribution is 2.20. The van der Waals surface area contributed by atoms with Crippen molar-refractivity contribution in [3.8, 4) is 0 Å². The van der Waals surface area contributed by atoms with Gasteiger partial charge in [-0.2, -0.15) is 0 Å². The van der Waals surface area contributed by atoms with E-state index in [1.54, 1.807) is 12.3 Å². The van der Waals surface area contributed by atoms with Crippen LogP contribution in [0, 0.1) is 0 Å². The number of rotatable bonds is 2. The molecule has 1 amide bonds. The Hall–Kier alpha value is -3.02. The Balaban J connectivity index is 1.93. The number of aromatic nitrogens is 3. The van der Waals surface area contributed by atoms with Gasteiger partial charge in [0.05, 0.1) is 11.2 Å². The largest absolute Gasteiger partial charge is 0.382 e. The highest BCUT2D eigenvalue weighted by atomic mass is 16.1. The van der Waals surface area contributed by atoms with Gasteiger partial charge in [0, 0.05) is 11.6 Å². The number of amides is 1. The molecule has 2 heterocycles. The summed E-state index contributed by atoms with van der Waals surface area (Å²) in [6, 6.07) is 12.4. The number of hydrogen-bond acceptors (Lipinski definition) is 5. The molecule has 0 aliphatic rings. The number of nitrogens with zero attached hydrogens (tertiary/aromatic N) is 3. The van der Waals surface area contributed by atoms with Crippen molar-refractivity contribution in [2.45, 2.75) is 0 Å². The minimum atomic E-state index is -0.351. The molecule has 1 aromatic carbocycles. The van der Waals surface area contributed by atoms with E-state index in [-0.39, 0.29) is 17.4 Å². The molecule has 2 aromatic heterocycles. The Morgan fingerprint density at radius 3 is 2.70 bits per heavy atom. The van der Waals surface area contributed by atoms with Crippen LogP contribution >= 0.6 is 0 Å².